The summed E-state index contributed by atoms with van der Waals surface area (Å²) in [6.07, 6.45) is -3.05. The number of ketones is 1. The molecule has 0 saturated heterocycles. The molecule has 3 nitrogen and oxygen atoms in total. The van der Waals surface area contributed by atoms with Crippen LogP contribution in [0.2, 0.25) is 15.1 Å². The molecule has 2 unspecified atom stereocenters. The van der Waals surface area contributed by atoms with E-state index in [1.807, 2.05) is 0 Å². The molecule has 180 valence electrons. The molecule has 1 N–H and O–H groups in total. The van der Waals surface area contributed by atoms with Gasteiger partial charge in [0.15, 0.2) is 0 Å². The van der Waals surface area contributed by atoms with Crippen LogP contribution >= 0.6 is 34.8 Å². The Morgan fingerprint density at radius 3 is 2.26 bits per heavy atom. The molecule has 1 aliphatic carbocycles. The third-order valence-electron chi connectivity index (χ3n) is 6.75. The van der Waals surface area contributed by atoms with Gasteiger partial charge in [-0.2, -0.15) is 13.2 Å². The summed E-state index contributed by atoms with van der Waals surface area (Å²) in [6.45, 7) is 1.34. The fourth-order valence-corrected chi connectivity index (χ4v) is 4.87. The Kier molecular flexibility index (Phi) is 6.89. The molecule has 1 saturated carbocycles. The summed E-state index contributed by atoms with van der Waals surface area (Å²) in [4.78, 5) is 16.3. The van der Waals surface area contributed by atoms with Crippen molar-refractivity contribution in [1.29, 1.82) is 5.41 Å². The number of carbonyl (C=O) groups excluding carboxylic acids is 1. The molecule has 34 heavy (non-hydrogen) atoms. The number of aliphatic imine (C=N–C) groups is 1. The lowest BCUT2D eigenvalue weighted by atomic mass is 9.76. The minimum atomic E-state index is -4.55. The van der Waals surface area contributed by atoms with Crippen LogP contribution in [0.15, 0.2) is 41.4 Å². The Balaban J connectivity index is 1.57. The van der Waals surface area contributed by atoms with Gasteiger partial charge in [0.05, 0.1) is 21.6 Å². The molecule has 2 aromatic rings. The second-order valence-electron chi connectivity index (χ2n) is 9.06. The van der Waals surface area contributed by atoms with Gasteiger partial charge in [0.2, 0.25) is 0 Å². The van der Waals surface area contributed by atoms with E-state index in [0.717, 1.165) is 12.8 Å². The second-order valence-corrected chi connectivity index (χ2v) is 10.3. The number of alkyl halides is 3. The maximum atomic E-state index is 14.4. The van der Waals surface area contributed by atoms with E-state index in [9.17, 15) is 18.0 Å². The first-order valence-electron chi connectivity index (χ1n) is 10.9. The quantitative estimate of drug-likeness (QED) is 0.288. The summed E-state index contributed by atoms with van der Waals surface area (Å²) in [5.41, 5.74) is -0.442. The van der Waals surface area contributed by atoms with E-state index in [4.69, 9.17) is 40.2 Å². The molecule has 2 aromatic carbocycles. The van der Waals surface area contributed by atoms with Crippen molar-refractivity contribution >= 4 is 52.0 Å². The fourth-order valence-electron chi connectivity index (χ4n) is 4.27. The molecule has 0 aromatic heterocycles. The summed E-state index contributed by atoms with van der Waals surface area (Å²) >= 11 is 18.1. The Labute approximate surface area is 210 Å². The molecule has 2 aliphatic rings. The van der Waals surface area contributed by atoms with Crippen LogP contribution in [-0.4, -0.2) is 29.9 Å². The zero-order chi connectivity index (χ0) is 24.8. The minimum Gasteiger partial charge on any atom is -0.309 e. The Morgan fingerprint density at radius 1 is 1.15 bits per heavy atom. The zero-order valence-electron chi connectivity index (χ0n) is 18.3. The topological polar surface area (TPSA) is 53.3 Å². The molecule has 1 fully saturated rings. The highest BCUT2D eigenvalue weighted by Gasteiger charge is 2.58. The molecule has 0 bridgehead atoms. The van der Waals surface area contributed by atoms with Crippen LogP contribution < -0.4 is 0 Å². The van der Waals surface area contributed by atoms with Crippen LogP contribution in [0, 0.1) is 11.3 Å². The number of rotatable bonds is 7. The van der Waals surface area contributed by atoms with Crippen molar-refractivity contribution in [3.05, 3.63) is 68.2 Å². The number of benzene rings is 2. The molecule has 0 spiro atoms. The van der Waals surface area contributed by atoms with Crippen molar-refractivity contribution in [2.75, 3.05) is 6.54 Å². The molecule has 1 heterocycles. The largest absolute Gasteiger partial charge is 0.400 e. The van der Waals surface area contributed by atoms with E-state index in [1.165, 1.54) is 24.3 Å². The van der Waals surface area contributed by atoms with Gasteiger partial charge in [-0.15, -0.1) is 0 Å². The predicted octanol–water partition coefficient (Wildman–Crippen LogP) is 7.83. The summed E-state index contributed by atoms with van der Waals surface area (Å²) in [5, 5.41) is 8.70. The normalized spacial score (nSPS) is 21.3. The van der Waals surface area contributed by atoms with E-state index in [2.05, 4.69) is 4.99 Å². The van der Waals surface area contributed by atoms with Crippen molar-refractivity contribution < 1.29 is 18.0 Å². The molecule has 9 heteroatoms. The van der Waals surface area contributed by atoms with Crippen molar-refractivity contribution in [2.45, 2.75) is 50.1 Å². The van der Waals surface area contributed by atoms with Crippen LogP contribution in [0.4, 0.5) is 13.2 Å². The molecule has 0 amide bonds. The summed E-state index contributed by atoms with van der Waals surface area (Å²) in [5.74, 6) is -0.210. The lowest BCUT2D eigenvalue weighted by Gasteiger charge is -2.32. The van der Waals surface area contributed by atoms with Gasteiger partial charge in [-0.1, -0.05) is 66.0 Å². The number of carbonyl (C=O) groups is 1. The maximum absolute atomic E-state index is 14.4. The second kappa shape index (κ2) is 9.29. The fraction of sp³-hybridized carbons (Fsp3) is 0.400. The number of hydrogen-bond donors (Lipinski definition) is 1. The van der Waals surface area contributed by atoms with Gasteiger partial charge in [0.25, 0.3) is 0 Å². The van der Waals surface area contributed by atoms with Crippen LogP contribution in [0.25, 0.3) is 0 Å². The van der Waals surface area contributed by atoms with Crippen molar-refractivity contribution in [3.63, 3.8) is 0 Å². The molecular weight excluding hydrogens is 508 g/mol. The molecule has 0 radical (unpaired) electrons. The average Bonchev–Trinajstić information content (AvgIpc) is 3.54. The number of nitrogens with one attached hydrogen (secondary N) is 1. The van der Waals surface area contributed by atoms with E-state index in [1.54, 1.807) is 19.1 Å². The first kappa shape index (κ1) is 25.2. The van der Waals surface area contributed by atoms with Crippen molar-refractivity contribution in [2.24, 2.45) is 10.9 Å². The summed E-state index contributed by atoms with van der Waals surface area (Å²) < 4.78 is 43.2. The number of hydrogen-bond acceptors (Lipinski definition) is 3. The number of nitrogens with zero attached hydrogens (tertiary/aromatic N) is 1. The first-order chi connectivity index (χ1) is 15.9. The number of halogens is 6. The van der Waals surface area contributed by atoms with Gasteiger partial charge in [-0.25, -0.2) is 0 Å². The minimum absolute atomic E-state index is 0.0718. The van der Waals surface area contributed by atoms with E-state index < -0.39 is 18.1 Å². The molecule has 4 rings (SSSR count). The van der Waals surface area contributed by atoms with Gasteiger partial charge in [-0.05, 0) is 41.7 Å². The molecule has 1 aliphatic heterocycles. The van der Waals surface area contributed by atoms with E-state index >= 15 is 0 Å². The van der Waals surface area contributed by atoms with Gasteiger partial charge in [-0.3, -0.25) is 9.79 Å². The Hall–Kier alpha value is -1.89. The number of Topliss-reactive ketones (excluding diaryl/α,β-unsaturated/α-hetero) is 1. The van der Waals surface area contributed by atoms with E-state index in [-0.39, 0.29) is 62.5 Å². The highest BCUT2D eigenvalue weighted by Crippen LogP contribution is 2.48. The molecule has 2 atom stereocenters. The highest BCUT2D eigenvalue weighted by atomic mass is 35.5. The van der Waals surface area contributed by atoms with E-state index in [0.29, 0.717) is 11.1 Å². The lowest BCUT2D eigenvalue weighted by Crippen LogP contribution is -2.43. The first-order valence-corrected chi connectivity index (χ1v) is 12.0. The summed E-state index contributed by atoms with van der Waals surface area (Å²) in [7, 11) is 0. The van der Waals surface area contributed by atoms with Crippen LogP contribution in [-0.2, 0) is 10.2 Å². The smallest absolute Gasteiger partial charge is 0.309 e. The SMILES string of the molecule is CC(C(=N)CC(=O)C1CC1)c1ccc(C2(C(F)(F)F)CN=C(c3cc(Cl)c(Cl)c(Cl)c3)C2)cc1. The maximum Gasteiger partial charge on any atom is 0.400 e. The summed E-state index contributed by atoms with van der Waals surface area (Å²) in [6, 6.07) is 9.07. The van der Waals surface area contributed by atoms with Crippen molar-refractivity contribution in [1.82, 2.24) is 0 Å². The lowest BCUT2D eigenvalue weighted by molar-refractivity contribution is -0.183. The monoisotopic (exact) mass is 528 g/mol. The van der Waals surface area contributed by atoms with Gasteiger partial charge >= 0.3 is 6.18 Å². The zero-order valence-corrected chi connectivity index (χ0v) is 20.5. The standard InChI is InChI=1S/C25H22Cl3F3N2O/c1-13(20(32)10-22(34)15-2-3-15)14-4-6-17(7-5-14)24(25(29,30)31)11-21(33-12-24)16-8-18(26)23(28)19(27)9-16/h4-9,13,15,32H,2-3,10-12H2,1H3. The van der Waals surface area contributed by atoms with Crippen molar-refractivity contribution in [3.8, 4) is 0 Å². The van der Waals surface area contributed by atoms with Crippen LogP contribution in [0.3, 0.4) is 0 Å². The Morgan fingerprint density at radius 2 is 1.74 bits per heavy atom. The third-order valence-corrected chi connectivity index (χ3v) is 7.95. The third kappa shape index (κ3) is 4.77. The van der Waals surface area contributed by atoms with Gasteiger partial charge in [0.1, 0.15) is 11.2 Å². The van der Waals surface area contributed by atoms with Crippen LogP contribution in [0.5, 0.6) is 0 Å². The van der Waals surface area contributed by atoms with Crippen LogP contribution in [0.1, 0.15) is 55.2 Å². The van der Waals surface area contributed by atoms with Gasteiger partial charge < -0.3 is 5.41 Å². The average molecular weight is 530 g/mol. The molecular formula is C25H22Cl3F3N2O. The predicted molar refractivity (Wildman–Crippen MR) is 130 cm³/mol. The Bertz CT molecular complexity index is 1150. The highest BCUT2D eigenvalue weighted by molar-refractivity contribution is 6.48. The van der Waals surface area contributed by atoms with Gasteiger partial charge in [0, 0.05) is 36.1 Å².